The number of ether oxygens (including phenoxy) is 1. The molecule has 100 valence electrons. The summed E-state index contributed by atoms with van der Waals surface area (Å²) in [6.07, 6.45) is -1.00. The third-order valence-corrected chi connectivity index (χ3v) is 4.21. The van der Waals surface area contributed by atoms with E-state index in [1.807, 2.05) is 6.92 Å². The lowest BCUT2D eigenvalue weighted by Crippen LogP contribution is -2.46. The lowest BCUT2D eigenvalue weighted by molar-refractivity contribution is -0.146. The number of hydrogen-bond acceptors (Lipinski definition) is 4. The largest absolute Gasteiger partial charge is 0.458 e. The van der Waals surface area contributed by atoms with Crippen LogP contribution in [-0.4, -0.2) is 40.9 Å². The first kappa shape index (κ1) is 14.9. The molecular weight excluding hydrogens is 252 g/mol. The Bertz CT molecular complexity index is 293. The fraction of sp³-hybridized carbons (Fsp3) is 0.909. The molecule has 0 N–H and O–H groups in total. The first-order valence-electron chi connectivity index (χ1n) is 6.06. The molecule has 0 bridgehead atoms. The van der Waals surface area contributed by atoms with Gasteiger partial charge in [-0.2, -0.15) is 0 Å². The Morgan fingerprint density at radius 3 is 1.88 bits per heavy atom. The number of hydrogen-bond donors (Lipinski definition) is 0. The average Bonchev–Trinajstić information content (AvgIpc) is 2.27. The summed E-state index contributed by atoms with van der Waals surface area (Å²) in [5.74, 6) is -0.275. The maximum Gasteiger partial charge on any atom is 0.337 e. The third kappa shape index (κ3) is 4.53. The number of rotatable bonds is 4. The van der Waals surface area contributed by atoms with Crippen molar-refractivity contribution >= 4 is 22.6 Å². The minimum absolute atomic E-state index is 0.212. The molecule has 1 rings (SSSR count). The molecule has 1 saturated heterocycles. The van der Waals surface area contributed by atoms with Crippen LogP contribution < -0.4 is 0 Å². The van der Waals surface area contributed by atoms with Crippen LogP contribution in [-0.2, 0) is 18.4 Å². The van der Waals surface area contributed by atoms with Gasteiger partial charge < -0.3 is 13.6 Å². The van der Waals surface area contributed by atoms with E-state index < -0.39 is 22.7 Å². The Labute approximate surface area is 106 Å². The molecule has 0 saturated carbocycles. The molecule has 1 aliphatic heterocycles. The van der Waals surface area contributed by atoms with Crippen molar-refractivity contribution in [3.05, 3.63) is 0 Å². The maximum absolute atomic E-state index is 11.8. The molecule has 4 nitrogen and oxygen atoms in total. The number of cyclic esters (lactones) is 1. The second kappa shape index (κ2) is 4.83. The van der Waals surface area contributed by atoms with E-state index in [1.165, 1.54) is 0 Å². The number of esters is 1. The van der Waals surface area contributed by atoms with Gasteiger partial charge in [-0.25, -0.2) is 4.79 Å². The molecule has 0 aromatic heterocycles. The van der Waals surface area contributed by atoms with E-state index in [4.69, 9.17) is 13.6 Å². The zero-order valence-corrected chi connectivity index (χ0v) is 13.9. The summed E-state index contributed by atoms with van der Waals surface area (Å²) in [6.45, 7) is 14.4. The van der Waals surface area contributed by atoms with E-state index in [1.54, 1.807) is 0 Å². The minimum Gasteiger partial charge on any atom is -0.458 e. The highest BCUT2D eigenvalue weighted by Gasteiger charge is 2.47. The summed E-state index contributed by atoms with van der Waals surface area (Å²) in [6, 6.07) is 0. The lowest BCUT2D eigenvalue weighted by atomic mass is 10.2. The SMILES string of the molecule is C[C@H]1OC(=O)[C@H](O[Si](C)(C)C)[C@@H]1O[Si](C)(C)C. The van der Waals surface area contributed by atoms with E-state index in [9.17, 15) is 4.79 Å². The van der Waals surface area contributed by atoms with Gasteiger partial charge in [-0.05, 0) is 46.2 Å². The van der Waals surface area contributed by atoms with Crippen LogP contribution in [0.3, 0.4) is 0 Å². The van der Waals surface area contributed by atoms with E-state index >= 15 is 0 Å². The highest BCUT2D eigenvalue weighted by atomic mass is 28.4. The van der Waals surface area contributed by atoms with Gasteiger partial charge in [0.05, 0.1) is 0 Å². The number of carbonyl (C=O) groups is 1. The van der Waals surface area contributed by atoms with Crippen molar-refractivity contribution in [1.82, 2.24) is 0 Å². The quantitative estimate of drug-likeness (QED) is 0.584. The smallest absolute Gasteiger partial charge is 0.337 e. The molecule has 0 unspecified atom stereocenters. The Balaban J connectivity index is 2.80. The standard InChI is InChI=1S/C11H24O4Si2/c1-8-9(14-16(2,3)4)10(11(12)13-8)15-17(5,6)7/h8-10H,1-7H3/t8-,9-,10-/m1/s1. The van der Waals surface area contributed by atoms with Gasteiger partial charge in [0, 0.05) is 0 Å². The van der Waals surface area contributed by atoms with Crippen molar-refractivity contribution < 1.29 is 18.4 Å². The van der Waals surface area contributed by atoms with Crippen LogP contribution in [0.2, 0.25) is 39.3 Å². The Morgan fingerprint density at radius 1 is 1.00 bits per heavy atom. The molecule has 0 aromatic carbocycles. The van der Waals surface area contributed by atoms with Gasteiger partial charge in [0.25, 0.3) is 0 Å². The predicted molar refractivity (Wildman–Crippen MR) is 72.0 cm³/mol. The minimum atomic E-state index is -1.78. The normalized spacial score (nSPS) is 30.5. The summed E-state index contributed by atoms with van der Waals surface area (Å²) >= 11 is 0. The van der Waals surface area contributed by atoms with E-state index in [0.717, 1.165) is 0 Å². The molecular formula is C11H24O4Si2. The molecule has 1 aliphatic rings. The van der Waals surface area contributed by atoms with Crippen molar-refractivity contribution in [2.24, 2.45) is 0 Å². The van der Waals surface area contributed by atoms with Gasteiger partial charge in [-0.1, -0.05) is 0 Å². The fourth-order valence-corrected chi connectivity index (χ4v) is 3.88. The van der Waals surface area contributed by atoms with Gasteiger partial charge >= 0.3 is 5.97 Å². The van der Waals surface area contributed by atoms with Gasteiger partial charge in [-0.3, -0.25) is 0 Å². The molecule has 0 radical (unpaired) electrons. The van der Waals surface area contributed by atoms with Crippen LogP contribution >= 0.6 is 0 Å². The summed E-state index contributed by atoms with van der Waals surface area (Å²) < 4.78 is 17.2. The third-order valence-electron chi connectivity index (χ3n) is 2.27. The van der Waals surface area contributed by atoms with E-state index in [0.29, 0.717) is 0 Å². The predicted octanol–water partition coefficient (Wildman–Crippen LogP) is 2.37. The summed E-state index contributed by atoms with van der Waals surface area (Å²) in [5, 5.41) is 0. The zero-order valence-electron chi connectivity index (χ0n) is 11.9. The van der Waals surface area contributed by atoms with Crippen LogP contribution in [0.4, 0.5) is 0 Å². The van der Waals surface area contributed by atoms with Crippen LogP contribution in [0.15, 0.2) is 0 Å². The van der Waals surface area contributed by atoms with Crippen molar-refractivity contribution in [2.75, 3.05) is 0 Å². The van der Waals surface area contributed by atoms with Crippen molar-refractivity contribution in [1.29, 1.82) is 0 Å². The van der Waals surface area contributed by atoms with Crippen molar-refractivity contribution in [3.63, 3.8) is 0 Å². The summed E-state index contributed by atoms with van der Waals surface area (Å²) in [4.78, 5) is 11.8. The van der Waals surface area contributed by atoms with E-state index in [-0.39, 0.29) is 18.2 Å². The Kier molecular flexibility index (Phi) is 4.23. The molecule has 17 heavy (non-hydrogen) atoms. The topological polar surface area (TPSA) is 44.8 Å². The first-order valence-corrected chi connectivity index (χ1v) is 12.9. The molecule has 0 aliphatic carbocycles. The average molecular weight is 276 g/mol. The summed E-state index contributed by atoms with van der Waals surface area (Å²) in [5.41, 5.74) is 0. The Hall–Kier alpha value is -0.176. The highest BCUT2D eigenvalue weighted by molar-refractivity contribution is 6.70. The van der Waals surface area contributed by atoms with Crippen LogP contribution in [0, 0.1) is 0 Å². The fourth-order valence-electron chi connectivity index (χ4n) is 1.76. The molecule has 1 fully saturated rings. The Morgan fingerprint density at radius 2 is 1.47 bits per heavy atom. The second-order valence-electron chi connectivity index (χ2n) is 6.49. The van der Waals surface area contributed by atoms with Crippen LogP contribution in [0.1, 0.15) is 6.92 Å². The number of carbonyl (C=O) groups excluding carboxylic acids is 1. The van der Waals surface area contributed by atoms with Crippen LogP contribution in [0.5, 0.6) is 0 Å². The highest BCUT2D eigenvalue weighted by Crippen LogP contribution is 2.27. The molecule has 0 aromatic rings. The molecule has 0 spiro atoms. The van der Waals surface area contributed by atoms with Crippen molar-refractivity contribution in [2.45, 2.75) is 64.5 Å². The molecule has 0 amide bonds. The van der Waals surface area contributed by atoms with Gasteiger partial charge in [0.15, 0.2) is 22.7 Å². The monoisotopic (exact) mass is 276 g/mol. The molecule has 6 heteroatoms. The van der Waals surface area contributed by atoms with Gasteiger partial charge in [0.1, 0.15) is 12.2 Å². The van der Waals surface area contributed by atoms with Crippen LogP contribution in [0.25, 0.3) is 0 Å². The molecule has 3 atom stereocenters. The first-order chi connectivity index (χ1) is 7.49. The lowest BCUT2D eigenvalue weighted by Gasteiger charge is -2.30. The molecule has 1 heterocycles. The second-order valence-corrected chi connectivity index (χ2v) is 15.4. The summed E-state index contributed by atoms with van der Waals surface area (Å²) in [7, 11) is -3.48. The maximum atomic E-state index is 11.8. The van der Waals surface area contributed by atoms with Crippen molar-refractivity contribution in [3.8, 4) is 0 Å². The van der Waals surface area contributed by atoms with E-state index in [2.05, 4.69) is 39.3 Å². The van der Waals surface area contributed by atoms with Gasteiger partial charge in [0.2, 0.25) is 0 Å². The van der Waals surface area contributed by atoms with Gasteiger partial charge in [-0.15, -0.1) is 0 Å². The zero-order chi connectivity index (χ0) is 13.4.